The van der Waals surface area contributed by atoms with Crippen molar-refractivity contribution in [3.63, 3.8) is 0 Å². The van der Waals surface area contributed by atoms with E-state index >= 15 is 0 Å². The van der Waals surface area contributed by atoms with Crippen LogP contribution in [-0.4, -0.2) is 61.9 Å². The Hall–Kier alpha value is -5.36. The minimum atomic E-state index is -0.410. The van der Waals surface area contributed by atoms with Gasteiger partial charge in [0.1, 0.15) is 18.2 Å². The number of Topliss-reactive ketones (excluding diaryl/α,β-unsaturated/α-hetero) is 1. The Balaban J connectivity index is 0.965. The molecular formula is C40H36ClFN6O4. The zero-order chi connectivity index (χ0) is 35.8. The second-order valence-corrected chi connectivity index (χ2v) is 13.6. The van der Waals surface area contributed by atoms with E-state index in [2.05, 4.69) is 25.8 Å². The topological polar surface area (TPSA) is 114 Å². The zero-order valence-electron chi connectivity index (χ0n) is 28.5. The van der Waals surface area contributed by atoms with Crippen molar-refractivity contribution >= 4 is 56.5 Å². The number of aromatic amines is 1. The highest BCUT2D eigenvalue weighted by Gasteiger charge is 2.24. The molecule has 10 nitrogen and oxygen atoms in total. The zero-order valence-corrected chi connectivity index (χ0v) is 29.3. The molecule has 12 heteroatoms. The molecule has 1 amide bonds. The number of aromatic nitrogens is 4. The van der Waals surface area contributed by atoms with Crippen molar-refractivity contribution in [1.82, 2.24) is 24.4 Å². The van der Waals surface area contributed by atoms with Gasteiger partial charge in [0.2, 0.25) is 5.88 Å². The fraction of sp³-hybridized carbons (Fsp3) is 0.250. The third-order valence-electron chi connectivity index (χ3n) is 9.69. The molecule has 0 spiro atoms. The van der Waals surface area contributed by atoms with Crippen LogP contribution in [0, 0.1) is 5.82 Å². The number of nitrogens with zero attached hydrogens (tertiary/aromatic N) is 4. The number of amides is 1. The Kier molecular flexibility index (Phi) is 9.31. The van der Waals surface area contributed by atoms with Crippen LogP contribution >= 0.6 is 11.6 Å². The van der Waals surface area contributed by atoms with Crippen molar-refractivity contribution < 1.29 is 23.5 Å². The first-order chi connectivity index (χ1) is 25.3. The number of benzene rings is 3. The molecule has 1 fully saturated rings. The number of carbonyl (C=O) groups is 2. The summed E-state index contributed by atoms with van der Waals surface area (Å²) < 4.78 is 28.1. The lowest BCUT2D eigenvalue weighted by Gasteiger charge is -2.29. The Morgan fingerprint density at radius 2 is 1.98 bits per heavy atom. The average Bonchev–Trinajstić information content (AvgIpc) is 3.70. The first-order valence-corrected chi connectivity index (χ1v) is 17.6. The van der Waals surface area contributed by atoms with Crippen molar-refractivity contribution in [2.45, 2.75) is 45.6 Å². The Morgan fingerprint density at radius 3 is 2.75 bits per heavy atom. The molecular weight excluding hydrogens is 683 g/mol. The molecule has 2 aliphatic rings. The van der Waals surface area contributed by atoms with E-state index in [1.54, 1.807) is 36.5 Å². The number of ether oxygens (including phenoxy) is 2. The van der Waals surface area contributed by atoms with Crippen LogP contribution in [0.3, 0.4) is 0 Å². The van der Waals surface area contributed by atoms with E-state index in [1.165, 1.54) is 13.0 Å². The molecule has 8 rings (SSSR count). The molecule has 2 N–H and O–H groups in total. The molecule has 3 aromatic carbocycles. The summed E-state index contributed by atoms with van der Waals surface area (Å²) in [4.78, 5) is 40.5. The molecule has 2 aliphatic heterocycles. The number of halogens is 2. The van der Waals surface area contributed by atoms with Gasteiger partial charge in [-0.25, -0.2) is 14.4 Å². The van der Waals surface area contributed by atoms with Gasteiger partial charge in [-0.05, 0) is 79.9 Å². The van der Waals surface area contributed by atoms with Crippen molar-refractivity contribution in [3.8, 4) is 5.88 Å². The van der Waals surface area contributed by atoms with E-state index < -0.39 is 5.82 Å². The number of hydrogen-bond acceptors (Lipinski definition) is 7. The summed E-state index contributed by atoms with van der Waals surface area (Å²) in [7, 11) is 0. The van der Waals surface area contributed by atoms with Crippen molar-refractivity contribution in [2.75, 3.05) is 25.0 Å². The maximum atomic E-state index is 14.2. The molecule has 1 atom stereocenters. The molecule has 0 unspecified atom stereocenters. The van der Waals surface area contributed by atoms with Crippen molar-refractivity contribution in [2.24, 2.45) is 0 Å². The fourth-order valence-corrected chi connectivity index (χ4v) is 6.88. The Labute approximate surface area is 304 Å². The summed E-state index contributed by atoms with van der Waals surface area (Å²) in [5.41, 5.74) is 6.61. The van der Waals surface area contributed by atoms with Crippen LogP contribution in [0.1, 0.15) is 57.6 Å². The second-order valence-electron chi connectivity index (χ2n) is 13.2. The molecule has 0 bridgehead atoms. The van der Waals surface area contributed by atoms with Gasteiger partial charge in [-0.1, -0.05) is 29.8 Å². The monoisotopic (exact) mass is 718 g/mol. The van der Waals surface area contributed by atoms with Crippen LogP contribution in [0.2, 0.25) is 5.02 Å². The van der Waals surface area contributed by atoms with E-state index in [9.17, 15) is 14.0 Å². The van der Waals surface area contributed by atoms with Crippen LogP contribution in [0.4, 0.5) is 10.1 Å². The van der Waals surface area contributed by atoms with E-state index in [0.29, 0.717) is 46.4 Å². The second kappa shape index (κ2) is 14.3. The molecule has 1 saturated heterocycles. The van der Waals surface area contributed by atoms with Gasteiger partial charge in [0.15, 0.2) is 5.78 Å². The highest BCUT2D eigenvalue weighted by Crippen LogP contribution is 2.28. The number of H-pyrrole nitrogens is 1. The Bertz CT molecular complexity index is 2360. The van der Waals surface area contributed by atoms with E-state index in [1.807, 2.05) is 36.4 Å². The number of hydrogen-bond donors (Lipinski definition) is 2. The van der Waals surface area contributed by atoms with E-state index in [0.717, 1.165) is 71.6 Å². The summed E-state index contributed by atoms with van der Waals surface area (Å²) in [6.45, 7) is 5.22. The van der Waals surface area contributed by atoms with Gasteiger partial charge >= 0.3 is 0 Å². The summed E-state index contributed by atoms with van der Waals surface area (Å²) in [6.07, 6.45) is 5.81. The Morgan fingerprint density at radius 1 is 1.10 bits per heavy atom. The largest absolute Gasteiger partial charge is 0.473 e. The smallest absolute Gasteiger partial charge is 0.255 e. The normalized spacial score (nSPS) is 16.1. The summed E-state index contributed by atoms with van der Waals surface area (Å²) >= 11 is 5.88. The number of anilines is 1. The number of carbonyl (C=O) groups excluding carboxylic acids is 2. The lowest BCUT2D eigenvalue weighted by molar-refractivity contribution is -0.0591. The lowest BCUT2D eigenvalue weighted by atomic mass is 10.0. The van der Waals surface area contributed by atoms with Gasteiger partial charge in [0.05, 0.1) is 35.9 Å². The van der Waals surface area contributed by atoms with Gasteiger partial charge < -0.3 is 24.3 Å². The van der Waals surface area contributed by atoms with Gasteiger partial charge in [-0.3, -0.25) is 14.5 Å². The van der Waals surface area contributed by atoms with E-state index in [4.69, 9.17) is 31.0 Å². The number of imidazole rings is 1. The minimum absolute atomic E-state index is 0.0559. The summed E-state index contributed by atoms with van der Waals surface area (Å²) in [5.74, 6) is 0.627. The number of nitrogens with one attached hydrogen (secondary N) is 2. The van der Waals surface area contributed by atoms with Gasteiger partial charge in [-0.15, -0.1) is 0 Å². The molecule has 52 heavy (non-hydrogen) atoms. The number of rotatable bonds is 11. The predicted molar refractivity (Wildman–Crippen MR) is 198 cm³/mol. The highest BCUT2D eigenvalue weighted by molar-refractivity contribution is 6.30. The molecule has 264 valence electrons. The van der Waals surface area contributed by atoms with Crippen LogP contribution in [0.15, 0.2) is 85.1 Å². The fourth-order valence-electron chi connectivity index (χ4n) is 6.72. The quantitative estimate of drug-likeness (QED) is 0.131. The van der Waals surface area contributed by atoms with Crippen LogP contribution in [-0.2, 0) is 24.4 Å². The average molecular weight is 719 g/mol. The van der Waals surface area contributed by atoms with Crippen molar-refractivity contribution in [3.05, 3.63) is 124 Å². The number of pyridine rings is 1. The third-order valence-corrected chi connectivity index (χ3v) is 9.92. The molecule has 3 aromatic heterocycles. The first kappa shape index (κ1) is 33.8. The highest BCUT2D eigenvalue weighted by atomic mass is 35.5. The molecule has 6 aromatic rings. The van der Waals surface area contributed by atoms with Crippen molar-refractivity contribution in [1.29, 1.82) is 0 Å². The molecule has 0 aliphatic carbocycles. The lowest BCUT2D eigenvalue weighted by Crippen LogP contribution is -2.33. The molecule has 5 heterocycles. The SMILES string of the molecule is CC(=O)c1c[nH]c2ccc(C(=O)Nc3ccc4c(c3)nc(CN3CC=C(c5cccc(OCc6ccc(Cl)cc6F)n5)CC3)n4C[C@@H]3CCO3)cc12. The first-order valence-electron chi connectivity index (χ1n) is 17.3. The van der Waals surface area contributed by atoms with Crippen LogP contribution in [0.25, 0.3) is 27.5 Å². The summed E-state index contributed by atoms with van der Waals surface area (Å²) in [5, 5.41) is 4.07. The maximum Gasteiger partial charge on any atom is 0.255 e. The van der Waals surface area contributed by atoms with Gasteiger partial charge in [-0.2, -0.15) is 0 Å². The molecule has 0 radical (unpaired) electrons. The standard InChI is InChI=1S/C40H36ClFN6O4/c1-24(49)32-20-43-35-9-6-26(17-31(32)35)40(50)44-29-8-10-37-36(19-29)45-38(48(37)21-30-13-16-51-30)22-47-14-11-25(12-15-47)34-3-2-4-39(46-34)52-23-27-5-7-28(41)18-33(27)42/h2-11,17-20,30,43H,12-16,21-23H2,1H3,(H,44,50)/t30-/m0/s1. The maximum absolute atomic E-state index is 14.2. The van der Waals surface area contributed by atoms with Gasteiger partial charge in [0, 0.05) is 70.3 Å². The third kappa shape index (κ3) is 7.07. The number of ketones is 1. The molecule has 0 saturated carbocycles. The van der Waals surface area contributed by atoms with Crippen LogP contribution in [0.5, 0.6) is 5.88 Å². The summed E-state index contributed by atoms with van der Waals surface area (Å²) in [6, 6.07) is 21.3. The van der Waals surface area contributed by atoms with E-state index in [-0.39, 0.29) is 24.4 Å². The van der Waals surface area contributed by atoms with Crippen LogP contribution < -0.4 is 10.1 Å². The predicted octanol–water partition coefficient (Wildman–Crippen LogP) is 7.82. The number of fused-ring (bicyclic) bond motifs is 2. The van der Waals surface area contributed by atoms with Gasteiger partial charge in [0.25, 0.3) is 5.91 Å². The minimum Gasteiger partial charge on any atom is -0.473 e.